The molecule has 0 aliphatic heterocycles. The number of hydrogen-bond donors (Lipinski definition) is 1. The van der Waals surface area contributed by atoms with Crippen LogP contribution < -0.4 is 4.72 Å². The third-order valence-electron chi connectivity index (χ3n) is 3.76. The molecule has 26 heavy (non-hydrogen) atoms. The summed E-state index contributed by atoms with van der Waals surface area (Å²) in [5, 5.41) is 0.0761. The second-order valence-electron chi connectivity index (χ2n) is 5.58. The first kappa shape index (κ1) is 18.5. The van der Waals surface area contributed by atoms with E-state index in [1.807, 2.05) is 0 Å². The van der Waals surface area contributed by atoms with E-state index >= 15 is 0 Å². The van der Waals surface area contributed by atoms with E-state index in [-0.39, 0.29) is 5.02 Å². The van der Waals surface area contributed by atoms with Gasteiger partial charge in [-0.25, -0.2) is 22.2 Å². The molecule has 0 saturated heterocycles. The summed E-state index contributed by atoms with van der Waals surface area (Å²) >= 11 is 5.68. The molecular formula is C17H14ClF2N3O2S. The fraction of sp³-hybridized carbons (Fsp3) is 0.118. The summed E-state index contributed by atoms with van der Waals surface area (Å²) in [6.07, 6.45) is 3.11. The Bertz CT molecular complexity index is 1050. The fourth-order valence-corrected chi connectivity index (χ4v) is 3.92. The Labute approximate surface area is 154 Å². The van der Waals surface area contributed by atoms with E-state index in [4.69, 9.17) is 11.6 Å². The van der Waals surface area contributed by atoms with Gasteiger partial charge in [0.1, 0.15) is 28.4 Å². The van der Waals surface area contributed by atoms with Crippen LogP contribution in [0.15, 0.2) is 59.8 Å². The Hall–Kier alpha value is -2.29. The van der Waals surface area contributed by atoms with Crippen molar-refractivity contribution in [2.75, 3.05) is 0 Å². The molecule has 5 nitrogen and oxygen atoms in total. The zero-order valence-electron chi connectivity index (χ0n) is 13.5. The van der Waals surface area contributed by atoms with E-state index < -0.39 is 32.6 Å². The highest BCUT2D eigenvalue weighted by molar-refractivity contribution is 7.89. The van der Waals surface area contributed by atoms with Crippen molar-refractivity contribution in [3.63, 3.8) is 0 Å². The Kier molecular flexibility index (Phi) is 5.08. The molecule has 3 aromatic rings. The van der Waals surface area contributed by atoms with E-state index in [1.54, 1.807) is 23.9 Å². The van der Waals surface area contributed by atoms with Gasteiger partial charge in [-0.05, 0) is 35.9 Å². The summed E-state index contributed by atoms with van der Waals surface area (Å²) in [6, 6.07) is 7.70. The summed E-state index contributed by atoms with van der Waals surface area (Å²) in [6.45, 7) is 0. The maximum Gasteiger partial charge on any atom is 0.244 e. The summed E-state index contributed by atoms with van der Waals surface area (Å²) in [5.41, 5.74) is 0.331. The molecule has 0 amide bonds. The molecule has 0 saturated carbocycles. The highest BCUT2D eigenvalue weighted by Crippen LogP contribution is 2.25. The van der Waals surface area contributed by atoms with Crippen molar-refractivity contribution in [2.45, 2.75) is 10.9 Å². The van der Waals surface area contributed by atoms with Gasteiger partial charge in [0.05, 0.1) is 0 Å². The molecule has 2 aromatic carbocycles. The lowest BCUT2D eigenvalue weighted by Gasteiger charge is -2.19. The van der Waals surface area contributed by atoms with Crippen molar-refractivity contribution in [2.24, 2.45) is 7.05 Å². The lowest BCUT2D eigenvalue weighted by Crippen LogP contribution is -2.31. The first-order valence-corrected chi connectivity index (χ1v) is 9.34. The van der Waals surface area contributed by atoms with Crippen LogP contribution in [0.2, 0.25) is 5.02 Å². The molecule has 1 unspecified atom stereocenters. The molecule has 1 N–H and O–H groups in total. The van der Waals surface area contributed by atoms with Crippen LogP contribution in [-0.4, -0.2) is 18.0 Å². The zero-order chi connectivity index (χ0) is 18.9. The van der Waals surface area contributed by atoms with Gasteiger partial charge in [0, 0.05) is 24.5 Å². The van der Waals surface area contributed by atoms with Gasteiger partial charge in [-0.3, -0.25) is 0 Å². The molecule has 1 atom stereocenters. The molecule has 0 spiro atoms. The molecule has 0 aliphatic rings. The average Bonchev–Trinajstić information content (AvgIpc) is 2.98. The van der Waals surface area contributed by atoms with Gasteiger partial charge >= 0.3 is 0 Å². The monoisotopic (exact) mass is 397 g/mol. The predicted octanol–water partition coefficient (Wildman–Crippen LogP) is 3.42. The quantitative estimate of drug-likeness (QED) is 0.717. The van der Waals surface area contributed by atoms with Crippen molar-refractivity contribution >= 4 is 21.6 Å². The summed E-state index contributed by atoms with van der Waals surface area (Å²) < 4.78 is 57.2. The zero-order valence-corrected chi connectivity index (χ0v) is 15.1. The van der Waals surface area contributed by atoms with E-state index in [9.17, 15) is 17.2 Å². The number of benzene rings is 2. The van der Waals surface area contributed by atoms with E-state index in [0.29, 0.717) is 11.4 Å². The van der Waals surface area contributed by atoms with Gasteiger partial charge in [-0.15, -0.1) is 0 Å². The van der Waals surface area contributed by atoms with Crippen LogP contribution in [0.1, 0.15) is 17.4 Å². The number of halogens is 3. The Morgan fingerprint density at radius 1 is 1.19 bits per heavy atom. The van der Waals surface area contributed by atoms with E-state index in [1.165, 1.54) is 30.5 Å². The number of nitrogens with one attached hydrogen (secondary N) is 1. The van der Waals surface area contributed by atoms with Crippen molar-refractivity contribution in [1.29, 1.82) is 0 Å². The molecule has 0 aliphatic carbocycles. The third-order valence-corrected chi connectivity index (χ3v) is 5.45. The topological polar surface area (TPSA) is 64.0 Å². The molecule has 3 rings (SSSR count). The molecular weight excluding hydrogens is 384 g/mol. The summed E-state index contributed by atoms with van der Waals surface area (Å²) in [7, 11) is -2.60. The lowest BCUT2D eigenvalue weighted by molar-refractivity contribution is 0.543. The highest BCUT2D eigenvalue weighted by atomic mass is 35.5. The minimum Gasteiger partial charge on any atom is -0.336 e. The number of sulfonamides is 1. The second kappa shape index (κ2) is 7.14. The standard InChI is InChI=1S/C17H14ClF2N3O2S/c1-23-8-7-21-17(23)16(11-3-2-4-13(19)9-11)22-26(24,25)15-6-5-12(18)10-14(15)20/h2-10,16,22H,1H3. The molecule has 0 fully saturated rings. The molecule has 136 valence electrons. The predicted molar refractivity (Wildman–Crippen MR) is 93.2 cm³/mol. The molecule has 0 bridgehead atoms. The van der Waals surface area contributed by atoms with Crippen molar-refractivity contribution in [3.05, 3.63) is 82.9 Å². The molecule has 9 heteroatoms. The fourth-order valence-electron chi connectivity index (χ4n) is 2.52. The maximum absolute atomic E-state index is 14.1. The van der Waals surface area contributed by atoms with Gasteiger partial charge in [0.15, 0.2) is 0 Å². The summed E-state index contributed by atoms with van der Waals surface area (Å²) in [5.74, 6) is -1.19. The second-order valence-corrected chi connectivity index (χ2v) is 7.70. The maximum atomic E-state index is 14.1. The first-order chi connectivity index (χ1) is 12.3. The van der Waals surface area contributed by atoms with Crippen molar-refractivity contribution in [3.8, 4) is 0 Å². The molecule has 1 aromatic heterocycles. The van der Waals surface area contributed by atoms with Crippen LogP contribution >= 0.6 is 11.6 Å². The van der Waals surface area contributed by atoms with E-state index in [2.05, 4.69) is 9.71 Å². The van der Waals surface area contributed by atoms with Crippen LogP contribution in [0.5, 0.6) is 0 Å². The first-order valence-electron chi connectivity index (χ1n) is 7.48. The minimum atomic E-state index is -4.27. The number of aromatic nitrogens is 2. The van der Waals surface area contributed by atoms with Crippen LogP contribution in [0.3, 0.4) is 0 Å². The van der Waals surface area contributed by atoms with Gasteiger partial charge in [0.2, 0.25) is 10.0 Å². The highest BCUT2D eigenvalue weighted by Gasteiger charge is 2.28. The van der Waals surface area contributed by atoms with Gasteiger partial charge in [-0.2, -0.15) is 4.72 Å². The number of aryl methyl sites for hydroxylation is 1. The number of imidazole rings is 1. The average molecular weight is 398 g/mol. The summed E-state index contributed by atoms with van der Waals surface area (Å²) in [4.78, 5) is 3.58. The van der Waals surface area contributed by atoms with Crippen LogP contribution in [0.25, 0.3) is 0 Å². The Morgan fingerprint density at radius 2 is 1.96 bits per heavy atom. The van der Waals surface area contributed by atoms with Gasteiger partial charge in [0.25, 0.3) is 0 Å². The Morgan fingerprint density at radius 3 is 2.58 bits per heavy atom. The largest absolute Gasteiger partial charge is 0.336 e. The third kappa shape index (κ3) is 3.77. The van der Waals surface area contributed by atoms with Gasteiger partial charge < -0.3 is 4.57 Å². The van der Waals surface area contributed by atoms with Crippen molar-refractivity contribution in [1.82, 2.24) is 14.3 Å². The van der Waals surface area contributed by atoms with Crippen LogP contribution in [0, 0.1) is 11.6 Å². The SMILES string of the molecule is Cn1ccnc1C(NS(=O)(=O)c1ccc(Cl)cc1F)c1cccc(F)c1. The molecule has 1 heterocycles. The number of rotatable bonds is 5. The number of nitrogens with zero attached hydrogens (tertiary/aromatic N) is 2. The van der Waals surface area contributed by atoms with E-state index in [0.717, 1.165) is 12.1 Å². The van der Waals surface area contributed by atoms with Crippen molar-refractivity contribution < 1.29 is 17.2 Å². The van der Waals surface area contributed by atoms with Crippen LogP contribution in [-0.2, 0) is 17.1 Å². The van der Waals surface area contributed by atoms with Gasteiger partial charge in [-0.1, -0.05) is 23.7 Å². The number of hydrogen-bond acceptors (Lipinski definition) is 3. The lowest BCUT2D eigenvalue weighted by atomic mass is 10.1. The molecule has 0 radical (unpaired) electrons. The normalized spacial score (nSPS) is 12.9. The smallest absolute Gasteiger partial charge is 0.244 e. The minimum absolute atomic E-state index is 0.0761. The Balaban J connectivity index is 2.07. The van der Waals surface area contributed by atoms with Crippen LogP contribution in [0.4, 0.5) is 8.78 Å².